The quantitative estimate of drug-likeness (QED) is 0.616. The predicted octanol–water partition coefficient (Wildman–Crippen LogP) is 2.14. The Morgan fingerprint density at radius 3 is 2.56 bits per heavy atom. The summed E-state index contributed by atoms with van der Waals surface area (Å²) >= 11 is 2.25. The summed E-state index contributed by atoms with van der Waals surface area (Å²) in [6, 6.07) is 13.6. The highest BCUT2D eigenvalue weighted by molar-refractivity contribution is 14.1. The first kappa shape index (κ1) is 11.1. The number of hydrogen-bond donors (Lipinski definition) is 0. The minimum Gasteiger partial charge on any atom is -0.302 e. The molecular weight excluding hydrogens is 315 g/mol. The Kier molecular flexibility index (Phi) is 3.51. The largest absolute Gasteiger partial charge is 0.302 e. The standard InChI is InChI=1S/C12H9IN2O/c13-10-4-6-11(7-5-10)15-8-2-1-3-12(15)14-9-16/h1-9H. The van der Waals surface area contributed by atoms with Crippen molar-refractivity contribution in [1.82, 2.24) is 4.57 Å². The molecule has 2 rings (SSSR count). The highest BCUT2D eigenvalue weighted by Crippen LogP contribution is 2.09. The molecule has 1 aromatic carbocycles. The van der Waals surface area contributed by atoms with Crippen molar-refractivity contribution in [2.75, 3.05) is 0 Å². The summed E-state index contributed by atoms with van der Waals surface area (Å²) in [5.41, 5.74) is 1.61. The predicted molar refractivity (Wildman–Crippen MR) is 70.1 cm³/mol. The Balaban J connectivity index is 2.60. The van der Waals surface area contributed by atoms with Crippen molar-refractivity contribution in [3.63, 3.8) is 0 Å². The van der Waals surface area contributed by atoms with E-state index in [4.69, 9.17) is 0 Å². The summed E-state index contributed by atoms with van der Waals surface area (Å²) in [7, 11) is 0. The molecule has 16 heavy (non-hydrogen) atoms. The van der Waals surface area contributed by atoms with Crippen LogP contribution in [0.5, 0.6) is 0 Å². The van der Waals surface area contributed by atoms with Gasteiger partial charge in [-0.25, -0.2) is 0 Å². The van der Waals surface area contributed by atoms with Crippen LogP contribution in [0.2, 0.25) is 0 Å². The maximum atomic E-state index is 10.4. The molecule has 0 aliphatic carbocycles. The molecule has 0 fully saturated rings. The summed E-state index contributed by atoms with van der Waals surface area (Å²) in [5, 5.41) is 0. The number of nitrogens with zero attached hydrogens (tertiary/aromatic N) is 2. The lowest BCUT2D eigenvalue weighted by Gasteiger charge is -2.06. The zero-order chi connectivity index (χ0) is 11.4. The smallest absolute Gasteiger partial charge is 0.234 e. The van der Waals surface area contributed by atoms with Crippen LogP contribution in [-0.2, 0) is 4.79 Å². The molecule has 0 N–H and O–H groups in total. The average molecular weight is 324 g/mol. The van der Waals surface area contributed by atoms with Crippen LogP contribution < -0.4 is 5.49 Å². The van der Waals surface area contributed by atoms with Gasteiger partial charge in [0.1, 0.15) is 5.49 Å². The highest BCUT2D eigenvalue weighted by Gasteiger charge is 1.96. The summed E-state index contributed by atoms with van der Waals surface area (Å²) in [6.07, 6.45) is 2.43. The molecule has 0 unspecified atom stereocenters. The SMILES string of the molecule is O=CN=c1ccccn1-c1ccc(I)cc1. The van der Waals surface area contributed by atoms with E-state index in [-0.39, 0.29) is 0 Å². The molecule has 1 amide bonds. The summed E-state index contributed by atoms with van der Waals surface area (Å²) < 4.78 is 3.04. The lowest BCUT2D eigenvalue weighted by Crippen LogP contribution is -2.17. The van der Waals surface area contributed by atoms with E-state index in [9.17, 15) is 4.79 Å². The molecule has 2 aromatic rings. The van der Waals surface area contributed by atoms with Gasteiger partial charge < -0.3 is 4.57 Å². The third-order valence-corrected chi connectivity index (χ3v) is 2.85. The normalized spacial score (nSPS) is 11.4. The van der Waals surface area contributed by atoms with Gasteiger partial charge in [0.05, 0.1) is 0 Å². The Hall–Kier alpha value is -1.43. The summed E-state index contributed by atoms with van der Waals surface area (Å²) in [5.74, 6) is 0. The van der Waals surface area contributed by atoms with Crippen LogP contribution in [0.15, 0.2) is 53.7 Å². The maximum Gasteiger partial charge on any atom is 0.234 e. The molecule has 0 radical (unpaired) electrons. The van der Waals surface area contributed by atoms with Crippen molar-refractivity contribution in [3.8, 4) is 5.69 Å². The van der Waals surface area contributed by atoms with E-state index < -0.39 is 0 Å². The van der Waals surface area contributed by atoms with Gasteiger partial charge in [-0.15, -0.1) is 0 Å². The fourth-order valence-corrected chi connectivity index (χ4v) is 1.77. The molecule has 80 valence electrons. The van der Waals surface area contributed by atoms with E-state index in [2.05, 4.69) is 27.6 Å². The monoisotopic (exact) mass is 324 g/mol. The topological polar surface area (TPSA) is 34.4 Å². The second-order valence-electron chi connectivity index (χ2n) is 3.14. The first-order valence-corrected chi connectivity index (χ1v) is 5.80. The molecule has 0 spiro atoms. The van der Waals surface area contributed by atoms with Gasteiger partial charge in [0.15, 0.2) is 0 Å². The Labute approximate surface area is 107 Å². The van der Waals surface area contributed by atoms with Crippen molar-refractivity contribution in [2.45, 2.75) is 0 Å². The Morgan fingerprint density at radius 1 is 1.12 bits per heavy atom. The number of aromatic nitrogens is 1. The number of rotatable bonds is 2. The molecule has 0 aliphatic heterocycles. The lowest BCUT2D eigenvalue weighted by atomic mass is 10.3. The van der Waals surface area contributed by atoms with Gasteiger partial charge in [0.2, 0.25) is 6.41 Å². The van der Waals surface area contributed by atoms with Gasteiger partial charge in [-0.05, 0) is 59.0 Å². The molecule has 1 heterocycles. The van der Waals surface area contributed by atoms with E-state index in [0.29, 0.717) is 11.9 Å². The van der Waals surface area contributed by atoms with E-state index in [1.807, 2.05) is 47.2 Å². The van der Waals surface area contributed by atoms with E-state index in [1.165, 1.54) is 3.57 Å². The summed E-state index contributed by atoms with van der Waals surface area (Å²) in [4.78, 5) is 14.2. The first-order chi connectivity index (χ1) is 7.81. The van der Waals surface area contributed by atoms with Gasteiger partial charge in [0, 0.05) is 15.5 Å². The minimum absolute atomic E-state index is 0.554. The van der Waals surface area contributed by atoms with E-state index in [0.717, 1.165) is 5.69 Å². The number of halogens is 1. The molecule has 0 aliphatic rings. The average Bonchev–Trinajstić information content (AvgIpc) is 2.32. The molecule has 1 aromatic heterocycles. The van der Waals surface area contributed by atoms with Crippen molar-refractivity contribution >= 4 is 29.0 Å². The number of pyridine rings is 1. The van der Waals surface area contributed by atoms with Crippen LogP contribution >= 0.6 is 22.6 Å². The van der Waals surface area contributed by atoms with Crippen LogP contribution in [0.1, 0.15) is 0 Å². The van der Waals surface area contributed by atoms with Crippen LogP contribution in [0, 0.1) is 3.57 Å². The zero-order valence-corrected chi connectivity index (χ0v) is 10.5. The molecular formula is C12H9IN2O. The fraction of sp³-hybridized carbons (Fsp3) is 0. The van der Waals surface area contributed by atoms with Crippen LogP contribution in [0.25, 0.3) is 5.69 Å². The molecule has 0 saturated heterocycles. The first-order valence-electron chi connectivity index (χ1n) is 4.72. The van der Waals surface area contributed by atoms with Crippen LogP contribution in [0.3, 0.4) is 0 Å². The zero-order valence-electron chi connectivity index (χ0n) is 8.38. The van der Waals surface area contributed by atoms with Gasteiger partial charge >= 0.3 is 0 Å². The van der Waals surface area contributed by atoms with Crippen molar-refractivity contribution in [1.29, 1.82) is 0 Å². The number of hydrogen-bond acceptors (Lipinski definition) is 1. The summed E-state index contributed by atoms with van der Waals surface area (Å²) in [6.45, 7) is 0. The van der Waals surface area contributed by atoms with E-state index >= 15 is 0 Å². The number of benzene rings is 1. The fourth-order valence-electron chi connectivity index (χ4n) is 1.41. The number of carbonyl (C=O) groups excluding carboxylic acids is 1. The number of carbonyl (C=O) groups is 1. The van der Waals surface area contributed by atoms with Gasteiger partial charge in [-0.1, -0.05) is 6.07 Å². The second-order valence-corrected chi connectivity index (χ2v) is 4.39. The van der Waals surface area contributed by atoms with Crippen LogP contribution in [0.4, 0.5) is 0 Å². The molecule has 0 bridgehead atoms. The maximum absolute atomic E-state index is 10.4. The van der Waals surface area contributed by atoms with Crippen molar-refractivity contribution < 1.29 is 4.79 Å². The number of amides is 1. The Morgan fingerprint density at radius 2 is 1.88 bits per heavy atom. The Bertz CT molecular complexity index is 558. The van der Waals surface area contributed by atoms with Crippen molar-refractivity contribution in [2.24, 2.45) is 4.99 Å². The molecule has 4 heteroatoms. The van der Waals surface area contributed by atoms with E-state index in [1.54, 1.807) is 6.07 Å². The molecule has 0 atom stereocenters. The third kappa shape index (κ3) is 2.38. The van der Waals surface area contributed by atoms with Crippen LogP contribution in [-0.4, -0.2) is 11.0 Å². The highest BCUT2D eigenvalue weighted by atomic mass is 127. The lowest BCUT2D eigenvalue weighted by molar-refractivity contribution is -0.107. The molecule has 0 saturated carbocycles. The van der Waals surface area contributed by atoms with Crippen molar-refractivity contribution in [3.05, 3.63) is 57.7 Å². The van der Waals surface area contributed by atoms with Gasteiger partial charge in [0.25, 0.3) is 0 Å². The van der Waals surface area contributed by atoms with Gasteiger partial charge in [-0.3, -0.25) is 4.79 Å². The minimum atomic E-state index is 0.554. The van der Waals surface area contributed by atoms with Gasteiger partial charge in [-0.2, -0.15) is 4.99 Å². The third-order valence-electron chi connectivity index (χ3n) is 2.13. The molecule has 3 nitrogen and oxygen atoms in total. The second kappa shape index (κ2) is 5.07.